The number of carbonyl (C=O) groups excluding carboxylic acids is 1. The smallest absolute Gasteiger partial charge is 0.229 e. The van der Waals surface area contributed by atoms with E-state index in [1.54, 1.807) is 23.9 Å². The Labute approximate surface area is 283 Å². The third kappa shape index (κ3) is 11.7. The van der Waals surface area contributed by atoms with Gasteiger partial charge in [0.15, 0.2) is 6.29 Å². The highest BCUT2D eigenvalue weighted by Crippen LogP contribution is 2.36. The van der Waals surface area contributed by atoms with Gasteiger partial charge in [0.1, 0.15) is 48.5 Å². The third-order valence-electron chi connectivity index (χ3n) is 7.45. The van der Waals surface area contributed by atoms with E-state index in [0.717, 1.165) is 12.2 Å². The van der Waals surface area contributed by atoms with E-state index in [2.05, 4.69) is 26.1 Å². The zero-order valence-corrected chi connectivity index (χ0v) is 28.2. The lowest BCUT2D eigenvalue weighted by Gasteiger charge is -2.49. The van der Waals surface area contributed by atoms with Crippen LogP contribution in [0, 0.1) is 5.41 Å². The lowest BCUT2D eigenvalue weighted by atomic mass is 9.94. The fourth-order valence-electron chi connectivity index (χ4n) is 4.79. The molecule has 0 radical (unpaired) electrons. The summed E-state index contributed by atoms with van der Waals surface area (Å²) in [5.41, 5.74) is 0.619. The molecule has 17 heteroatoms. The standard InChI is InChI=1S/C31H51NO15S/c1-30(2,3)17-43-12-11-42-10-4-13-48-14-9-22(35)32-18-5-7-19(8-6-18)44-28-26(39)27(40)31(41,21(16-34)46-28)47-29-25(38)24(37)23(36)20(15-33)45-29/h5-8,20-21,23-29,33-34,36-41H,4,9-17H2,1-3H3,(H,32,35)/t20?,21?,23-,24?,25-,26?,27+,28+,29?,31+/m0/s1. The summed E-state index contributed by atoms with van der Waals surface area (Å²) in [5.74, 6) is -1.41. The minimum absolute atomic E-state index is 0.133. The molecule has 2 aliphatic heterocycles. The lowest BCUT2D eigenvalue weighted by molar-refractivity contribution is -0.435. The van der Waals surface area contributed by atoms with Gasteiger partial charge in [-0.25, -0.2) is 0 Å². The van der Waals surface area contributed by atoms with E-state index in [9.17, 15) is 45.6 Å². The topological polar surface area (TPSA) is 246 Å². The summed E-state index contributed by atoms with van der Waals surface area (Å²) in [4.78, 5) is 12.4. The molecular formula is C31H51NO15S. The van der Waals surface area contributed by atoms with Crippen LogP contribution in [0.5, 0.6) is 5.75 Å². The number of anilines is 1. The molecule has 9 N–H and O–H groups in total. The molecule has 5 unspecified atom stereocenters. The van der Waals surface area contributed by atoms with Crippen molar-refractivity contribution in [2.75, 3.05) is 56.5 Å². The third-order valence-corrected chi connectivity index (χ3v) is 8.52. The highest BCUT2D eigenvalue weighted by Gasteiger charge is 2.59. The summed E-state index contributed by atoms with van der Waals surface area (Å²) < 4.78 is 32.7. The number of thioether (sulfide) groups is 1. The van der Waals surface area contributed by atoms with Crippen LogP contribution in [-0.4, -0.2) is 159 Å². The molecule has 2 saturated heterocycles. The van der Waals surface area contributed by atoms with Gasteiger partial charge in [0.2, 0.25) is 18.0 Å². The first-order chi connectivity index (χ1) is 22.7. The number of ether oxygens (including phenoxy) is 6. The van der Waals surface area contributed by atoms with Crippen LogP contribution in [0.4, 0.5) is 5.69 Å². The number of benzene rings is 1. The maximum absolute atomic E-state index is 12.4. The van der Waals surface area contributed by atoms with Crippen LogP contribution >= 0.6 is 11.8 Å². The summed E-state index contributed by atoms with van der Waals surface area (Å²) in [6.45, 7) is 7.05. The molecule has 1 aromatic rings. The molecule has 3 rings (SSSR count). The molecule has 2 aliphatic rings. The number of hydrogen-bond acceptors (Lipinski definition) is 16. The van der Waals surface area contributed by atoms with Crippen LogP contribution in [0.15, 0.2) is 24.3 Å². The Hall–Kier alpha value is -1.68. The van der Waals surface area contributed by atoms with Gasteiger partial charge in [0.05, 0.1) is 33.0 Å². The Morgan fingerprint density at radius 2 is 1.56 bits per heavy atom. The predicted octanol–water partition coefficient (Wildman–Crippen LogP) is -1.46. The summed E-state index contributed by atoms with van der Waals surface area (Å²) in [6, 6.07) is 6.05. The van der Waals surface area contributed by atoms with Crippen LogP contribution in [-0.2, 0) is 28.5 Å². The molecular weight excluding hydrogens is 658 g/mol. The number of carbonyl (C=O) groups is 1. The Balaban J connectivity index is 1.41. The monoisotopic (exact) mass is 709 g/mol. The van der Waals surface area contributed by atoms with Gasteiger partial charge < -0.3 is 74.6 Å². The SMILES string of the molecule is CC(C)(C)COCCOCCCSCCC(=O)Nc1ccc(O[C@@H]2OC(CO)[C@@](O)(OC3OC(CO)[C@H](O)C(O)[C@@H]3O)[C@H](O)C2O)cc1. The molecule has 48 heavy (non-hydrogen) atoms. The normalized spacial score (nSPS) is 32.6. The van der Waals surface area contributed by atoms with Crippen LogP contribution in [0.3, 0.4) is 0 Å². The molecule has 2 fully saturated rings. The summed E-state index contributed by atoms with van der Waals surface area (Å²) in [6.07, 6.45) is -15.1. The fourth-order valence-corrected chi connectivity index (χ4v) is 5.65. The second-order valence-corrected chi connectivity index (χ2v) is 14.0. The molecule has 1 aromatic carbocycles. The van der Waals surface area contributed by atoms with Gasteiger partial charge in [-0.05, 0) is 41.9 Å². The number of amides is 1. The number of hydrogen-bond donors (Lipinski definition) is 9. The molecule has 0 spiro atoms. The molecule has 0 bridgehead atoms. The highest BCUT2D eigenvalue weighted by atomic mass is 32.2. The van der Waals surface area contributed by atoms with E-state index in [1.165, 1.54) is 12.1 Å². The number of aliphatic hydroxyl groups is 8. The lowest BCUT2D eigenvalue weighted by Crippen LogP contribution is -2.71. The molecule has 0 saturated carbocycles. The maximum atomic E-state index is 12.4. The molecule has 0 aromatic heterocycles. The van der Waals surface area contributed by atoms with Gasteiger partial charge in [-0.3, -0.25) is 4.79 Å². The van der Waals surface area contributed by atoms with Gasteiger partial charge >= 0.3 is 0 Å². The highest BCUT2D eigenvalue weighted by molar-refractivity contribution is 7.99. The zero-order valence-electron chi connectivity index (χ0n) is 27.4. The quantitative estimate of drug-likeness (QED) is 0.0625. The molecule has 2 heterocycles. The predicted molar refractivity (Wildman–Crippen MR) is 171 cm³/mol. The first kappa shape index (κ1) is 40.7. The molecule has 0 aliphatic carbocycles. The first-order valence-electron chi connectivity index (χ1n) is 15.8. The van der Waals surface area contributed by atoms with Gasteiger partial charge in [0, 0.05) is 24.5 Å². The van der Waals surface area contributed by atoms with Crippen LogP contribution in [0.1, 0.15) is 33.6 Å². The van der Waals surface area contributed by atoms with Crippen molar-refractivity contribution >= 4 is 23.4 Å². The summed E-state index contributed by atoms with van der Waals surface area (Å²) >= 11 is 1.65. The van der Waals surface area contributed by atoms with Crippen molar-refractivity contribution < 1.29 is 74.1 Å². The molecule has 1 amide bonds. The summed E-state index contributed by atoms with van der Waals surface area (Å²) in [5, 5.41) is 84.9. The Morgan fingerprint density at radius 1 is 0.875 bits per heavy atom. The van der Waals surface area contributed by atoms with Gasteiger partial charge in [-0.1, -0.05) is 20.8 Å². The average molecular weight is 710 g/mol. The second-order valence-electron chi connectivity index (χ2n) is 12.8. The van der Waals surface area contributed by atoms with Crippen molar-refractivity contribution in [3.05, 3.63) is 24.3 Å². The zero-order chi connectivity index (χ0) is 35.5. The fraction of sp³-hybridized carbons (Fsp3) is 0.774. The number of rotatable bonds is 18. The summed E-state index contributed by atoms with van der Waals surface area (Å²) in [7, 11) is 0. The van der Waals surface area contributed by atoms with Crippen molar-refractivity contribution in [1.82, 2.24) is 0 Å². The maximum Gasteiger partial charge on any atom is 0.229 e. The Kier molecular flexibility index (Phi) is 16.2. The Bertz CT molecular complexity index is 1090. The van der Waals surface area contributed by atoms with Crippen LogP contribution in [0.2, 0.25) is 0 Å². The minimum Gasteiger partial charge on any atom is -0.462 e. The molecule has 276 valence electrons. The van der Waals surface area contributed by atoms with Crippen molar-refractivity contribution in [1.29, 1.82) is 0 Å². The van der Waals surface area contributed by atoms with Crippen molar-refractivity contribution in [3.8, 4) is 5.75 Å². The van der Waals surface area contributed by atoms with E-state index < -0.39 is 74.3 Å². The first-order valence-corrected chi connectivity index (χ1v) is 17.0. The van der Waals surface area contributed by atoms with Crippen molar-refractivity contribution in [3.63, 3.8) is 0 Å². The molecule has 10 atom stereocenters. The van der Waals surface area contributed by atoms with Gasteiger partial charge in [-0.15, -0.1) is 0 Å². The largest absolute Gasteiger partial charge is 0.462 e. The van der Waals surface area contributed by atoms with E-state index in [0.29, 0.717) is 44.3 Å². The minimum atomic E-state index is -2.89. The van der Waals surface area contributed by atoms with Crippen molar-refractivity contribution in [2.24, 2.45) is 5.41 Å². The number of nitrogens with one attached hydrogen (secondary N) is 1. The van der Waals surface area contributed by atoms with E-state index in [1.807, 2.05) is 0 Å². The van der Waals surface area contributed by atoms with Crippen LogP contribution < -0.4 is 10.1 Å². The number of aliphatic hydroxyl groups excluding tert-OH is 7. The Morgan fingerprint density at radius 3 is 2.21 bits per heavy atom. The average Bonchev–Trinajstić information content (AvgIpc) is 3.04. The second kappa shape index (κ2) is 19.1. The van der Waals surface area contributed by atoms with Gasteiger partial charge in [-0.2, -0.15) is 11.8 Å². The molecule has 16 nitrogen and oxygen atoms in total. The van der Waals surface area contributed by atoms with E-state index >= 15 is 0 Å². The van der Waals surface area contributed by atoms with Crippen LogP contribution in [0.25, 0.3) is 0 Å². The van der Waals surface area contributed by atoms with Crippen molar-refractivity contribution in [2.45, 2.75) is 94.7 Å². The van der Waals surface area contributed by atoms with E-state index in [-0.39, 0.29) is 17.1 Å². The van der Waals surface area contributed by atoms with E-state index in [4.69, 9.17) is 28.4 Å². The van der Waals surface area contributed by atoms with Gasteiger partial charge in [0.25, 0.3) is 0 Å².